The molecule has 1 aliphatic carbocycles. The molecule has 4 rings (SSSR count). The van der Waals surface area contributed by atoms with E-state index >= 15 is 0 Å². The number of nitriles is 1. The van der Waals surface area contributed by atoms with Crippen molar-refractivity contribution in [1.82, 2.24) is 4.98 Å². The molecule has 1 aliphatic heterocycles. The molecule has 0 amide bonds. The Morgan fingerprint density at radius 3 is 2.77 bits per heavy atom. The van der Waals surface area contributed by atoms with Gasteiger partial charge in [0.2, 0.25) is 0 Å². The summed E-state index contributed by atoms with van der Waals surface area (Å²) in [6.45, 7) is 2.19. The van der Waals surface area contributed by atoms with Crippen LogP contribution in [0.15, 0.2) is 42.6 Å². The van der Waals surface area contributed by atoms with Crippen molar-refractivity contribution in [3.63, 3.8) is 0 Å². The lowest BCUT2D eigenvalue weighted by molar-refractivity contribution is 0.112. The van der Waals surface area contributed by atoms with Gasteiger partial charge in [0.25, 0.3) is 0 Å². The Bertz CT molecular complexity index is 889. The van der Waals surface area contributed by atoms with E-state index < -0.39 is 0 Å². The molecule has 2 aromatic rings. The highest BCUT2D eigenvalue weighted by molar-refractivity contribution is 5.76. The number of nitrogens with zero attached hydrogens (tertiary/aromatic N) is 3. The van der Waals surface area contributed by atoms with Gasteiger partial charge < -0.3 is 10.2 Å². The molecule has 5 heteroatoms. The van der Waals surface area contributed by atoms with Gasteiger partial charge in [0.1, 0.15) is 12.1 Å². The molecule has 2 aliphatic rings. The lowest BCUT2D eigenvalue weighted by atomic mass is 9.77. The summed E-state index contributed by atoms with van der Waals surface area (Å²) in [4.78, 5) is 18.0. The minimum atomic E-state index is 0.429. The number of nitrogens with one attached hydrogen (secondary N) is 1. The first-order valence-corrected chi connectivity index (χ1v) is 11.2. The van der Waals surface area contributed by atoms with Crippen molar-refractivity contribution in [3.05, 3.63) is 53.7 Å². The third-order valence-corrected chi connectivity index (χ3v) is 6.68. The summed E-state index contributed by atoms with van der Waals surface area (Å²) in [6.07, 6.45) is 11.3. The van der Waals surface area contributed by atoms with E-state index in [1.165, 1.54) is 50.6 Å². The topological polar surface area (TPSA) is 69.0 Å². The molecule has 1 aromatic carbocycles. The predicted octanol–water partition coefficient (Wildman–Crippen LogP) is 5.04. The standard InChI is InChI=1S/C25H30N4O/c26-16-19-7-9-23(10-8-19)29-13-3-4-20(17-29)14-22-5-1-2-6-24(22)28-25-15-21(18-30)11-12-27-25/h7-12,15,18,20,22,24H,1-6,13-14,17H2,(H,27,28)/t20-,22+,24-/m1/s1. The molecule has 156 valence electrons. The third kappa shape index (κ3) is 4.99. The molecule has 1 aromatic heterocycles. The van der Waals surface area contributed by atoms with Gasteiger partial charge in [-0.25, -0.2) is 4.98 Å². The number of carbonyl (C=O) groups excluding carboxylic acids is 1. The van der Waals surface area contributed by atoms with Crippen LogP contribution in [-0.4, -0.2) is 30.4 Å². The van der Waals surface area contributed by atoms with E-state index in [9.17, 15) is 4.79 Å². The van der Waals surface area contributed by atoms with Gasteiger partial charge in [-0.15, -0.1) is 0 Å². The van der Waals surface area contributed by atoms with Crippen LogP contribution in [0, 0.1) is 23.2 Å². The maximum absolute atomic E-state index is 11.1. The fourth-order valence-electron chi connectivity index (χ4n) is 5.14. The van der Waals surface area contributed by atoms with E-state index in [-0.39, 0.29) is 0 Å². The van der Waals surface area contributed by atoms with E-state index in [4.69, 9.17) is 5.26 Å². The van der Waals surface area contributed by atoms with Gasteiger partial charge in [-0.3, -0.25) is 4.79 Å². The molecule has 0 unspecified atom stereocenters. The zero-order chi connectivity index (χ0) is 20.8. The summed E-state index contributed by atoms with van der Waals surface area (Å²) in [5, 5.41) is 12.7. The second-order valence-electron chi connectivity index (χ2n) is 8.74. The van der Waals surface area contributed by atoms with E-state index in [1.807, 2.05) is 18.2 Å². The SMILES string of the molecule is N#Cc1ccc(N2CCC[C@H](C[C@@H]3CCCC[C@H]3Nc3cc(C=O)ccn3)C2)cc1. The van der Waals surface area contributed by atoms with Crippen LogP contribution in [0.1, 0.15) is 60.9 Å². The molecule has 1 saturated heterocycles. The van der Waals surface area contributed by atoms with Crippen LogP contribution < -0.4 is 10.2 Å². The molecule has 3 atom stereocenters. The van der Waals surface area contributed by atoms with Gasteiger partial charge in [0.15, 0.2) is 0 Å². The molecule has 1 N–H and O–H groups in total. The van der Waals surface area contributed by atoms with E-state index in [0.29, 0.717) is 23.4 Å². The van der Waals surface area contributed by atoms with Gasteiger partial charge in [-0.05, 0) is 80.3 Å². The number of anilines is 2. The van der Waals surface area contributed by atoms with Crippen molar-refractivity contribution in [2.24, 2.45) is 11.8 Å². The minimum Gasteiger partial charge on any atom is -0.371 e. The number of hydrogen-bond donors (Lipinski definition) is 1. The Labute approximate surface area is 179 Å². The van der Waals surface area contributed by atoms with E-state index in [2.05, 4.69) is 33.4 Å². The van der Waals surface area contributed by atoms with Crippen LogP contribution in [-0.2, 0) is 0 Å². The summed E-state index contributed by atoms with van der Waals surface area (Å²) >= 11 is 0. The van der Waals surface area contributed by atoms with Gasteiger partial charge in [-0.2, -0.15) is 5.26 Å². The quantitative estimate of drug-likeness (QED) is 0.685. The number of piperidine rings is 1. The molecule has 0 radical (unpaired) electrons. The number of benzene rings is 1. The van der Waals surface area contributed by atoms with E-state index in [0.717, 1.165) is 30.8 Å². The van der Waals surface area contributed by atoms with Gasteiger partial charge in [-0.1, -0.05) is 12.8 Å². The third-order valence-electron chi connectivity index (χ3n) is 6.68. The molecule has 0 bridgehead atoms. The summed E-state index contributed by atoms with van der Waals surface area (Å²) in [6, 6.07) is 14.2. The number of hydrogen-bond acceptors (Lipinski definition) is 5. The fourth-order valence-corrected chi connectivity index (χ4v) is 5.14. The minimum absolute atomic E-state index is 0.429. The van der Waals surface area contributed by atoms with Gasteiger partial charge in [0.05, 0.1) is 11.6 Å². The summed E-state index contributed by atoms with van der Waals surface area (Å²) in [7, 11) is 0. The Balaban J connectivity index is 1.39. The fraction of sp³-hybridized carbons (Fsp3) is 0.480. The Morgan fingerprint density at radius 2 is 1.97 bits per heavy atom. The van der Waals surface area contributed by atoms with Crippen LogP contribution in [0.3, 0.4) is 0 Å². The Morgan fingerprint density at radius 1 is 1.13 bits per heavy atom. The van der Waals surface area contributed by atoms with Crippen molar-refractivity contribution < 1.29 is 4.79 Å². The number of aldehydes is 1. The van der Waals surface area contributed by atoms with Crippen molar-refractivity contribution in [2.75, 3.05) is 23.3 Å². The lowest BCUT2D eigenvalue weighted by Gasteiger charge is -2.39. The maximum atomic E-state index is 11.1. The Hall–Kier alpha value is -2.87. The summed E-state index contributed by atoms with van der Waals surface area (Å²) in [5.41, 5.74) is 2.62. The number of pyridine rings is 1. The number of aromatic nitrogens is 1. The lowest BCUT2D eigenvalue weighted by Crippen LogP contribution is -2.39. The first kappa shape index (κ1) is 20.4. The predicted molar refractivity (Wildman–Crippen MR) is 120 cm³/mol. The Kier molecular flexibility index (Phi) is 6.63. The largest absolute Gasteiger partial charge is 0.371 e. The zero-order valence-electron chi connectivity index (χ0n) is 17.5. The first-order chi connectivity index (χ1) is 14.7. The number of carbonyl (C=O) groups is 1. The van der Waals surface area contributed by atoms with E-state index in [1.54, 1.807) is 12.3 Å². The molecule has 5 nitrogen and oxygen atoms in total. The summed E-state index contributed by atoms with van der Waals surface area (Å²) < 4.78 is 0. The van der Waals surface area contributed by atoms with Crippen LogP contribution in [0.4, 0.5) is 11.5 Å². The normalized spacial score (nSPS) is 24.1. The van der Waals surface area contributed by atoms with Crippen molar-refractivity contribution in [1.29, 1.82) is 5.26 Å². The molecule has 1 saturated carbocycles. The van der Waals surface area contributed by atoms with Crippen molar-refractivity contribution >= 4 is 17.8 Å². The smallest absolute Gasteiger partial charge is 0.150 e. The van der Waals surface area contributed by atoms with Crippen LogP contribution >= 0.6 is 0 Å². The summed E-state index contributed by atoms with van der Waals surface area (Å²) in [5.74, 6) is 2.15. The molecule has 0 spiro atoms. The zero-order valence-corrected chi connectivity index (χ0v) is 17.5. The molecular formula is C25H30N4O. The van der Waals surface area contributed by atoms with Gasteiger partial charge >= 0.3 is 0 Å². The molecule has 2 heterocycles. The number of rotatable bonds is 6. The monoisotopic (exact) mass is 402 g/mol. The molecule has 2 fully saturated rings. The molecule has 30 heavy (non-hydrogen) atoms. The average molecular weight is 403 g/mol. The highest BCUT2D eigenvalue weighted by Gasteiger charge is 2.30. The van der Waals surface area contributed by atoms with Crippen LogP contribution in [0.2, 0.25) is 0 Å². The van der Waals surface area contributed by atoms with Crippen LogP contribution in [0.25, 0.3) is 0 Å². The van der Waals surface area contributed by atoms with Gasteiger partial charge in [0, 0.05) is 36.6 Å². The highest BCUT2D eigenvalue weighted by Crippen LogP contribution is 2.35. The van der Waals surface area contributed by atoms with Crippen LogP contribution in [0.5, 0.6) is 0 Å². The second kappa shape index (κ2) is 9.75. The van der Waals surface area contributed by atoms with Crippen molar-refractivity contribution in [3.8, 4) is 6.07 Å². The second-order valence-corrected chi connectivity index (χ2v) is 8.74. The molecular weight excluding hydrogens is 372 g/mol. The maximum Gasteiger partial charge on any atom is 0.150 e. The highest BCUT2D eigenvalue weighted by atomic mass is 16.1. The first-order valence-electron chi connectivity index (χ1n) is 11.2. The average Bonchev–Trinajstić information content (AvgIpc) is 2.81. The van der Waals surface area contributed by atoms with Crippen molar-refractivity contribution in [2.45, 2.75) is 51.0 Å².